The first-order valence-electron chi connectivity index (χ1n) is 33.1. The zero-order valence-electron chi connectivity index (χ0n) is 49.4. The minimum atomic E-state index is -0.662. The Morgan fingerprint density at radius 3 is 0.973 bits per heavy atom. The Balaban J connectivity index is 3.34. The van der Waals surface area contributed by atoms with Crippen LogP contribution in [0.4, 0.5) is 0 Å². The SMILES string of the molecule is CCCCCCCCC/C=C\CCCCCCCC(=O)OCCCCCCCCCCCCCC/C=C\CCCCCCCCCCCCCCCC(=O)NC(CO)C(O)CCCCCCCCCCCCC. The Morgan fingerprint density at radius 1 is 0.370 bits per heavy atom. The van der Waals surface area contributed by atoms with Crippen LogP contribution in [0.15, 0.2) is 24.3 Å². The van der Waals surface area contributed by atoms with E-state index in [0.29, 0.717) is 25.9 Å². The highest BCUT2D eigenvalue weighted by molar-refractivity contribution is 5.76. The number of nitrogens with one attached hydrogen (secondary N) is 1. The summed E-state index contributed by atoms with van der Waals surface area (Å²) in [4.78, 5) is 24.5. The number of unbranched alkanes of at least 4 members (excludes halogenated alkanes) is 47. The number of rotatable bonds is 62. The molecule has 0 aromatic carbocycles. The van der Waals surface area contributed by atoms with E-state index in [-0.39, 0.29) is 18.5 Å². The third kappa shape index (κ3) is 59.4. The number of ether oxygens (including phenoxy) is 1. The van der Waals surface area contributed by atoms with E-state index >= 15 is 0 Å². The lowest BCUT2D eigenvalue weighted by molar-refractivity contribution is -0.143. The Kier molecular flexibility index (Phi) is 61.4. The van der Waals surface area contributed by atoms with Gasteiger partial charge in [0.15, 0.2) is 0 Å². The number of hydrogen-bond donors (Lipinski definition) is 3. The molecule has 0 aliphatic carbocycles. The monoisotopic (exact) mass is 1030 g/mol. The van der Waals surface area contributed by atoms with E-state index in [1.54, 1.807) is 0 Å². The van der Waals surface area contributed by atoms with Crippen LogP contribution in [-0.2, 0) is 14.3 Å². The Bertz CT molecular complexity index is 1140. The highest BCUT2D eigenvalue weighted by Gasteiger charge is 2.20. The fraction of sp³-hybridized carbons (Fsp3) is 0.910. The number of carbonyl (C=O) groups is 2. The number of carbonyl (C=O) groups excluding carboxylic acids is 2. The van der Waals surface area contributed by atoms with E-state index in [9.17, 15) is 19.8 Å². The number of hydrogen-bond acceptors (Lipinski definition) is 5. The van der Waals surface area contributed by atoms with Crippen molar-refractivity contribution in [2.45, 2.75) is 379 Å². The standard InChI is InChI=1S/C67H129NO5/c1-3-5-7-9-11-13-15-16-17-34-37-41-45-49-53-57-61-67(72)73-62-58-54-50-46-42-38-35-32-30-28-26-24-22-20-18-19-21-23-25-27-29-31-33-36-40-44-48-52-56-60-66(71)68-64(63-69)65(70)59-55-51-47-43-39-14-12-10-8-6-4-2/h17-18,20,34,64-65,69-70H,3-16,19,21-33,35-63H2,1-2H3,(H,68,71)/b20-18-,34-17-. The van der Waals surface area contributed by atoms with Crippen LogP contribution < -0.4 is 5.32 Å². The van der Waals surface area contributed by atoms with Gasteiger partial charge in [0.05, 0.1) is 25.4 Å². The molecule has 0 aromatic rings. The normalized spacial score (nSPS) is 12.7. The van der Waals surface area contributed by atoms with E-state index in [1.807, 2.05) is 0 Å². The third-order valence-corrected chi connectivity index (χ3v) is 15.5. The maximum atomic E-state index is 12.5. The Hall–Kier alpha value is -1.66. The predicted molar refractivity (Wildman–Crippen MR) is 320 cm³/mol. The molecule has 0 fully saturated rings. The summed E-state index contributed by atoms with van der Waals surface area (Å²) < 4.78 is 5.49. The second-order valence-electron chi connectivity index (χ2n) is 22.8. The van der Waals surface area contributed by atoms with E-state index in [4.69, 9.17) is 4.74 Å². The fourth-order valence-corrected chi connectivity index (χ4v) is 10.4. The maximum Gasteiger partial charge on any atom is 0.305 e. The summed E-state index contributed by atoms with van der Waals surface area (Å²) in [6.45, 7) is 4.96. The molecule has 432 valence electrons. The quantitative estimate of drug-likeness (QED) is 0.0320. The van der Waals surface area contributed by atoms with Gasteiger partial charge >= 0.3 is 5.97 Å². The van der Waals surface area contributed by atoms with Crippen LogP contribution in [0.3, 0.4) is 0 Å². The summed E-state index contributed by atoms with van der Waals surface area (Å²) >= 11 is 0. The molecule has 2 atom stereocenters. The molecule has 1 amide bonds. The second-order valence-corrected chi connectivity index (χ2v) is 22.8. The molecular formula is C67H129NO5. The average molecular weight is 1030 g/mol. The highest BCUT2D eigenvalue weighted by atomic mass is 16.5. The molecule has 0 bridgehead atoms. The molecule has 0 heterocycles. The Labute approximate surface area is 456 Å². The zero-order chi connectivity index (χ0) is 52.9. The van der Waals surface area contributed by atoms with Crippen molar-refractivity contribution in [3.05, 3.63) is 24.3 Å². The summed E-state index contributed by atoms with van der Waals surface area (Å²) in [5.41, 5.74) is 0. The number of aliphatic hydroxyl groups excluding tert-OH is 2. The molecule has 2 unspecified atom stereocenters. The van der Waals surface area contributed by atoms with Crippen molar-refractivity contribution in [2.24, 2.45) is 0 Å². The van der Waals surface area contributed by atoms with Crippen LogP contribution in [0, 0.1) is 0 Å². The van der Waals surface area contributed by atoms with E-state index in [0.717, 1.165) is 44.9 Å². The van der Waals surface area contributed by atoms with Gasteiger partial charge in [0.1, 0.15) is 0 Å². The molecule has 0 aromatic heterocycles. The molecule has 0 radical (unpaired) electrons. The van der Waals surface area contributed by atoms with Crippen molar-refractivity contribution in [1.82, 2.24) is 5.32 Å². The zero-order valence-corrected chi connectivity index (χ0v) is 49.4. The number of esters is 1. The van der Waals surface area contributed by atoms with Gasteiger partial charge in [-0.3, -0.25) is 9.59 Å². The van der Waals surface area contributed by atoms with Gasteiger partial charge in [0.25, 0.3) is 0 Å². The molecule has 73 heavy (non-hydrogen) atoms. The lowest BCUT2D eigenvalue weighted by Crippen LogP contribution is -2.45. The fourth-order valence-electron chi connectivity index (χ4n) is 10.4. The van der Waals surface area contributed by atoms with Gasteiger partial charge in [0, 0.05) is 12.8 Å². The van der Waals surface area contributed by atoms with Gasteiger partial charge < -0.3 is 20.3 Å². The maximum absolute atomic E-state index is 12.5. The molecule has 0 aliphatic heterocycles. The first-order chi connectivity index (χ1) is 36.0. The average Bonchev–Trinajstić information content (AvgIpc) is 3.39. The largest absolute Gasteiger partial charge is 0.466 e. The van der Waals surface area contributed by atoms with Crippen LogP contribution >= 0.6 is 0 Å². The van der Waals surface area contributed by atoms with Crippen LogP contribution in [0.1, 0.15) is 367 Å². The van der Waals surface area contributed by atoms with Crippen molar-refractivity contribution in [2.75, 3.05) is 13.2 Å². The van der Waals surface area contributed by atoms with Gasteiger partial charge in [-0.1, -0.05) is 301 Å². The summed E-state index contributed by atoms with van der Waals surface area (Å²) in [6.07, 6.45) is 77.9. The minimum absolute atomic E-state index is 0.00949. The van der Waals surface area contributed by atoms with Gasteiger partial charge in [-0.2, -0.15) is 0 Å². The molecule has 0 saturated carbocycles. The first-order valence-corrected chi connectivity index (χ1v) is 33.1. The predicted octanol–water partition coefficient (Wildman–Crippen LogP) is 21.0. The van der Waals surface area contributed by atoms with Crippen molar-refractivity contribution in [3.8, 4) is 0 Å². The lowest BCUT2D eigenvalue weighted by Gasteiger charge is -2.22. The van der Waals surface area contributed by atoms with Crippen molar-refractivity contribution in [1.29, 1.82) is 0 Å². The van der Waals surface area contributed by atoms with E-state index in [2.05, 4.69) is 43.5 Å². The van der Waals surface area contributed by atoms with Crippen LogP contribution in [-0.4, -0.2) is 47.4 Å². The molecule has 0 rings (SSSR count). The molecule has 0 aliphatic rings. The smallest absolute Gasteiger partial charge is 0.305 e. The number of allylic oxidation sites excluding steroid dienone is 4. The topological polar surface area (TPSA) is 95.9 Å². The molecule has 0 saturated heterocycles. The number of aliphatic hydroxyl groups is 2. The highest BCUT2D eigenvalue weighted by Crippen LogP contribution is 2.18. The van der Waals surface area contributed by atoms with Gasteiger partial charge in [-0.25, -0.2) is 0 Å². The molecule has 0 spiro atoms. The van der Waals surface area contributed by atoms with E-state index in [1.165, 1.54) is 289 Å². The summed E-state index contributed by atoms with van der Waals surface area (Å²) in [5, 5.41) is 23.2. The van der Waals surface area contributed by atoms with Crippen molar-refractivity contribution >= 4 is 11.9 Å². The summed E-state index contributed by atoms with van der Waals surface area (Å²) in [7, 11) is 0. The van der Waals surface area contributed by atoms with Crippen LogP contribution in [0.5, 0.6) is 0 Å². The number of amides is 1. The van der Waals surface area contributed by atoms with Crippen molar-refractivity contribution < 1.29 is 24.5 Å². The lowest BCUT2D eigenvalue weighted by atomic mass is 10.0. The van der Waals surface area contributed by atoms with Crippen molar-refractivity contribution in [3.63, 3.8) is 0 Å². The summed E-state index contributed by atoms with van der Waals surface area (Å²) in [5.74, 6) is -0.0243. The third-order valence-electron chi connectivity index (χ3n) is 15.5. The first kappa shape index (κ1) is 71.3. The summed E-state index contributed by atoms with van der Waals surface area (Å²) in [6, 6.07) is -0.539. The minimum Gasteiger partial charge on any atom is -0.466 e. The van der Waals surface area contributed by atoms with Crippen LogP contribution in [0.2, 0.25) is 0 Å². The Morgan fingerprint density at radius 2 is 0.644 bits per heavy atom. The van der Waals surface area contributed by atoms with Crippen LogP contribution in [0.25, 0.3) is 0 Å². The van der Waals surface area contributed by atoms with E-state index < -0.39 is 12.1 Å². The molecule has 3 N–H and O–H groups in total. The molecule has 6 nitrogen and oxygen atoms in total. The van der Waals surface area contributed by atoms with Gasteiger partial charge in [-0.05, 0) is 77.0 Å². The molecular weight excluding hydrogens is 899 g/mol. The molecule has 6 heteroatoms. The van der Waals surface area contributed by atoms with Gasteiger partial charge in [-0.15, -0.1) is 0 Å². The van der Waals surface area contributed by atoms with Gasteiger partial charge in [0.2, 0.25) is 5.91 Å². The second kappa shape index (κ2) is 62.9.